The van der Waals surface area contributed by atoms with Gasteiger partial charge < -0.3 is 29.0 Å². The van der Waals surface area contributed by atoms with E-state index in [0.29, 0.717) is 29.4 Å². The highest BCUT2D eigenvalue weighted by molar-refractivity contribution is 5.96. The fourth-order valence-corrected chi connectivity index (χ4v) is 2.64. The van der Waals surface area contributed by atoms with Crippen LogP contribution in [0.25, 0.3) is 0 Å². The summed E-state index contributed by atoms with van der Waals surface area (Å²) in [5.41, 5.74) is 0.322. The van der Waals surface area contributed by atoms with Gasteiger partial charge in [0.05, 0.1) is 34.0 Å². The number of carboxylic acids is 1. The Morgan fingerprint density at radius 1 is 1.12 bits per heavy atom. The van der Waals surface area contributed by atoms with Crippen LogP contribution < -0.4 is 14.2 Å². The Morgan fingerprint density at radius 3 is 2.17 bits per heavy atom. The summed E-state index contributed by atoms with van der Waals surface area (Å²) in [7, 11) is 4.40. The van der Waals surface area contributed by atoms with Crippen molar-refractivity contribution in [1.82, 2.24) is 4.90 Å². The molecule has 24 heavy (non-hydrogen) atoms. The SMILES string of the molecule is COc1cc(C(=O)N2CC(C(=O)O)O[C@H](C)C2)cc(OC)c1OC. The molecule has 8 heteroatoms. The van der Waals surface area contributed by atoms with Crippen LogP contribution in [0.5, 0.6) is 17.2 Å². The Bertz CT molecular complexity index is 606. The molecule has 0 aliphatic carbocycles. The van der Waals surface area contributed by atoms with E-state index in [9.17, 15) is 9.59 Å². The van der Waals surface area contributed by atoms with Gasteiger partial charge in [0.1, 0.15) is 0 Å². The van der Waals surface area contributed by atoms with Gasteiger partial charge in [0.2, 0.25) is 5.75 Å². The predicted molar refractivity (Wildman–Crippen MR) is 84.0 cm³/mol. The number of nitrogens with zero attached hydrogens (tertiary/aromatic N) is 1. The quantitative estimate of drug-likeness (QED) is 0.856. The van der Waals surface area contributed by atoms with Crippen molar-refractivity contribution >= 4 is 11.9 Å². The number of ether oxygens (including phenoxy) is 4. The van der Waals surface area contributed by atoms with E-state index in [1.165, 1.54) is 26.2 Å². The zero-order valence-corrected chi connectivity index (χ0v) is 14.1. The molecule has 1 amide bonds. The Labute approximate surface area is 139 Å². The van der Waals surface area contributed by atoms with Crippen LogP contribution in [0, 0.1) is 0 Å². The average molecular weight is 339 g/mol. The number of hydrogen-bond acceptors (Lipinski definition) is 6. The van der Waals surface area contributed by atoms with Crippen molar-refractivity contribution in [2.75, 3.05) is 34.4 Å². The largest absolute Gasteiger partial charge is 0.493 e. The maximum atomic E-state index is 12.8. The van der Waals surface area contributed by atoms with E-state index >= 15 is 0 Å². The maximum Gasteiger partial charge on any atom is 0.334 e. The molecule has 2 atom stereocenters. The van der Waals surface area contributed by atoms with Crippen molar-refractivity contribution in [3.05, 3.63) is 17.7 Å². The minimum absolute atomic E-state index is 0.0187. The summed E-state index contributed by atoms with van der Waals surface area (Å²) in [4.78, 5) is 25.4. The van der Waals surface area contributed by atoms with Gasteiger partial charge in [0, 0.05) is 12.1 Å². The van der Waals surface area contributed by atoms with Crippen LogP contribution in [0.2, 0.25) is 0 Å². The predicted octanol–water partition coefficient (Wildman–Crippen LogP) is 1.03. The van der Waals surface area contributed by atoms with Crippen LogP contribution in [0.1, 0.15) is 17.3 Å². The highest BCUT2D eigenvalue weighted by Gasteiger charge is 2.33. The first-order valence-electron chi connectivity index (χ1n) is 7.38. The van der Waals surface area contributed by atoms with E-state index in [1.54, 1.807) is 19.1 Å². The van der Waals surface area contributed by atoms with E-state index in [1.807, 2.05) is 0 Å². The number of benzene rings is 1. The Hall–Kier alpha value is -2.48. The summed E-state index contributed by atoms with van der Waals surface area (Å²) in [6.07, 6.45) is -1.41. The summed E-state index contributed by atoms with van der Waals surface area (Å²) < 4.78 is 21.0. The third-order valence-electron chi connectivity index (χ3n) is 3.73. The van der Waals surface area contributed by atoms with Crippen molar-refractivity contribution in [2.45, 2.75) is 19.1 Å². The molecule has 0 saturated carbocycles. The zero-order chi connectivity index (χ0) is 17.9. The number of methoxy groups -OCH3 is 3. The van der Waals surface area contributed by atoms with Crippen LogP contribution in [0.4, 0.5) is 0 Å². The number of morpholine rings is 1. The molecule has 1 saturated heterocycles. The molecular formula is C16H21NO7. The fourth-order valence-electron chi connectivity index (χ4n) is 2.64. The van der Waals surface area contributed by atoms with Crippen LogP contribution in [0.3, 0.4) is 0 Å². The first-order chi connectivity index (χ1) is 11.4. The summed E-state index contributed by atoms with van der Waals surface area (Å²) in [5.74, 6) is -0.317. The van der Waals surface area contributed by atoms with Gasteiger partial charge in [0.15, 0.2) is 17.6 Å². The number of aliphatic carboxylic acids is 1. The van der Waals surface area contributed by atoms with Crippen molar-refractivity contribution in [2.24, 2.45) is 0 Å². The van der Waals surface area contributed by atoms with Crippen LogP contribution in [-0.2, 0) is 9.53 Å². The molecule has 1 heterocycles. The number of carbonyl (C=O) groups excluding carboxylic acids is 1. The van der Waals surface area contributed by atoms with E-state index < -0.39 is 12.1 Å². The normalized spacial score (nSPS) is 20.4. The standard InChI is InChI=1S/C16H21NO7/c1-9-7-17(8-13(24-9)16(19)20)15(18)10-5-11(21-2)14(23-4)12(6-10)22-3/h5-6,9,13H,7-8H2,1-4H3,(H,19,20)/t9-,13?/m1/s1. The first-order valence-corrected chi connectivity index (χ1v) is 7.38. The van der Waals surface area contributed by atoms with Gasteiger partial charge in [-0.25, -0.2) is 4.79 Å². The van der Waals surface area contributed by atoms with Crippen molar-refractivity contribution in [1.29, 1.82) is 0 Å². The topological polar surface area (TPSA) is 94.5 Å². The van der Waals surface area contributed by atoms with E-state index in [-0.39, 0.29) is 18.6 Å². The van der Waals surface area contributed by atoms with E-state index in [2.05, 4.69) is 0 Å². The highest BCUT2D eigenvalue weighted by Crippen LogP contribution is 2.38. The monoisotopic (exact) mass is 339 g/mol. The molecule has 132 valence electrons. The van der Waals surface area contributed by atoms with Gasteiger partial charge in [0.25, 0.3) is 5.91 Å². The zero-order valence-electron chi connectivity index (χ0n) is 14.1. The molecule has 0 aromatic heterocycles. The molecule has 0 spiro atoms. The molecule has 1 fully saturated rings. The Balaban J connectivity index is 2.33. The van der Waals surface area contributed by atoms with Gasteiger partial charge in [-0.2, -0.15) is 0 Å². The minimum atomic E-state index is -1.09. The molecule has 1 unspecified atom stereocenters. The van der Waals surface area contributed by atoms with Gasteiger partial charge >= 0.3 is 5.97 Å². The highest BCUT2D eigenvalue weighted by atomic mass is 16.5. The van der Waals surface area contributed by atoms with Gasteiger partial charge in [-0.1, -0.05) is 0 Å². The van der Waals surface area contributed by atoms with E-state index in [0.717, 1.165) is 0 Å². The second-order valence-electron chi connectivity index (χ2n) is 5.40. The number of carboxylic acid groups (broad SMARTS) is 1. The molecule has 1 aliphatic heterocycles. The summed E-state index contributed by atoms with van der Waals surface area (Å²) >= 11 is 0. The van der Waals surface area contributed by atoms with Gasteiger partial charge in [-0.05, 0) is 19.1 Å². The van der Waals surface area contributed by atoms with E-state index in [4.69, 9.17) is 24.1 Å². The van der Waals surface area contributed by atoms with Crippen molar-refractivity contribution in [3.63, 3.8) is 0 Å². The fraction of sp³-hybridized carbons (Fsp3) is 0.500. The second-order valence-corrected chi connectivity index (χ2v) is 5.40. The number of rotatable bonds is 5. The van der Waals surface area contributed by atoms with Crippen molar-refractivity contribution in [3.8, 4) is 17.2 Å². The average Bonchev–Trinajstić information content (AvgIpc) is 2.58. The molecular weight excluding hydrogens is 318 g/mol. The summed E-state index contributed by atoms with van der Waals surface area (Å²) in [5, 5.41) is 9.14. The third kappa shape index (κ3) is 3.53. The first kappa shape index (κ1) is 17.9. The summed E-state index contributed by atoms with van der Waals surface area (Å²) in [6.45, 7) is 2.01. The lowest BCUT2D eigenvalue weighted by atomic mass is 10.1. The molecule has 8 nitrogen and oxygen atoms in total. The number of amides is 1. The molecule has 1 N–H and O–H groups in total. The molecule has 2 rings (SSSR count). The van der Waals surface area contributed by atoms with Gasteiger partial charge in [-0.15, -0.1) is 0 Å². The maximum absolute atomic E-state index is 12.8. The van der Waals surface area contributed by atoms with Crippen LogP contribution in [-0.4, -0.2) is 68.5 Å². The molecule has 0 bridgehead atoms. The number of hydrogen-bond donors (Lipinski definition) is 1. The smallest absolute Gasteiger partial charge is 0.334 e. The summed E-state index contributed by atoms with van der Waals surface area (Å²) in [6, 6.07) is 3.08. The second kappa shape index (κ2) is 7.39. The minimum Gasteiger partial charge on any atom is -0.493 e. The molecule has 1 aliphatic rings. The third-order valence-corrected chi connectivity index (χ3v) is 3.73. The van der Waals surface area contributed by atoms with Crippen LogP contribution >= 0.6 is 0 Å². The lowest BCUT2D eigenvalue weighted by Crippen LogP contribution is -2.51. The lowest BCUT2D eigenvalue weighted by Gasteiger charge is -2.35. The molecule has 1 aromatic carbocycles. The Kier molecular flexibility index (Phi) is 5.50. The molecule has 1 aromatic rings. The Morgan fingerprint density at radius 2 is 1.71 bits per heavy atom. The van der Waals surface area contributed by atoms with Crippen LogP contribution in [0.15, 0.2) is 12.1 Å². The lowest BCUT2D eigenvalue weighted by molar-refractivity contribution is -0.160. The molecule has 0 radical (unpaired) electrons. The number of carbonyl (C=O) groups is 2. The van der Waals surface area contributed by atoms with Gasteiger partial charge in [-0.3, -0.25) is 4.79 Å². The van der Waals surface area contributed by atoms with Crippen molar-refractivity contribution < 1.29 is 33.6 Å².